The van der Waals surface area contributed by atoms with Gasteiger partial charge < -0.3 is 14.6 Å². The van der Waals surface area contributed by atoms with Crippen molar-refractivity contribution >= 4 is 28.3 Å². The number of carbonyl (C=O) groups excluding carboxylic acids is 1. The third-order valence-electron chi connectivity index (χ3n) is 5.95. The van der Waals surface area contributed by atoms with Gasteiger partial charge in [-0.2, -0.15) is 8.78 Å². The SMILES string of the molecule is COc1ccc(-c2ccc(OC(F)F)cc2-c2csc(N(C)C(=O)C(CC(=O)O)Cc3ccccc3)n2)cn1. The second-order valence-electron chi connectivity index (χ2n) is 8.57. The fraction of sp³-hybridized carbons (Fsp3) is 0.214. The van der Waals surface area contributed by atoms with Crippen LogP contribution in [0, 0.1) is 5.92 Å². The maximum Gasteiger partial charge on any atom is 0.387 e. The maximum absolute atomic E-state index is 13.4. The molecule has 1 amide bonds. The third-order valence-corrected chi connectivity index (χ3v) is 6.87. The number of methoxy groups -OCH3 is 1. The summed E-state index contributed by atoms with van der Waals surface area (Å²) in [6, 6.07) is 17.2. The first-order valence-corrected chi connectivity index (χ1v) is 12.7. The van der Waals surface area contributed by atoms with Gasteiger partial charge in [-0.25, -0.2) is 9.97 Å². The molecule has 2 aromatic heterocycles. The topological polar surface area (TPSA) is 102 Å². The van der Waals surface area contributed by atoms with E-state index in [2.05, 4.69) is 14.7 Å². The van der Waals surface area contributed by atoms with Gasteiger partial charge >= 0.3 is 12.6 Å². The number of nitrogens with zero attached hydrogens (tertiary/aromatic N) is 3. The Bertz CT molecular complexity index is 1430. The molecule has 4 rings (SSSR count). The molecule has 0 aliphatic heterocycles. The van der Waals surface area contributed by atoms with Crippen molar-refractivity contribution in [3.8, 4) is 34.0 Å². The van der Waals surface area contributed by atoms with Crippen LogP contribution in [-0.4, -0.2) is 47.7 Å². The summed E-state index contributed by atoms with van der Waals surface area (Å²) in [6.45, 7) is -3.00. The van der Waals surface area contributed by atoms with Crippen LogP contribution >= 0.6 is 11.3 Å². The van der Waals surface area contributed by atoms with E-state index in [9.17, 15) is 23.5 Å². The van der Waals surface area contributed by atoms with Gasteiger partial charge in [-0.05, 0) is 41.8 Å². The number of rotatable bonds is 11. The van der Waals surface area contributed by atoms with Gasteiger partial charge in [-0.1, -0.05) is 30.3 Å². The molecule has 0 saturated carbocycles. The molecule has 1 unspecified atom stereocenters. The number of hydrogen-bond donors (Lipinski definition) is 1. The van der Waals surface area contributed by atoms with Gasteiger partial charge in [0.15, 0.2) is 5.13 Å². The number of halogens is 2. The average molecular weight is 554 g/mol. The molecule has 0 saturated heterocycles. The van der Waals surface area contributed by atoms with Gasteiger partial charge in [0.2, 0.25) is 11.8 Å². The molecular formula is C28H25F2N3O5S. The number of hydrogen-bond acceptors (Lipinski definition) is 7. The molecule has 2 heterocycles. The molecule has 0 fully saturated rings. The summed E-state index contributed by atoms with van der Waals surface area (Å²) in [6.07, 6.45) is 1.52. The lowest BCUT2D eigenvalue weighted by Gasteiger charge is -2.21. The number of carboxylic acids is 1. The molecule has 0 spiro atoms. The van der Waals surface area contributed by atoms with Crippen molar-refractivity contribution in [3.63, 3.8) is 0 Å². The fourth-order valence-corrected chi connectivity index (χ4v) is 4.89. The zero-order valence-corrected chi connectivity index (χ0v) is 21.9. The average Bonchev–Trinajstić information content (AvgIpc) is 3.42. The minimum atomic E-state index is -3.00. The number of alkyl halides is 2. The summed E-state index contributed by atoms with van der Waals surface area (Å²) in [5.41, 5.74) is 3.12. The first-order valence-electron chi connectivity index (χ1n) is 11.8. The van der Waals surface area contributed by atoms with Crippen molar-refractivity contribution in [1.29, 1.82) is 0 Å². The Labute approximate surface area is 227 Å². The van der Waals surface area contributed by atoms with Crippen LogP contribution in [-0.2, 0) is 16.0 Å². The lowest BCUT2D eigenvalue weighted by molar-refractivity contribution is -0.140. The molecular weight excluding hydrogens is 528 g/mol. The number of pyridine rings is 1. The Balaban J connectivity index is 1.66. The third kappa shape index (κ3) is 6.94. The number of benzene rings is 2. The Morgan fingerprint density at radius 3 is 2.49 bits per heavy atom. The van der Waals surface area contributed by atoms with Gasteiger partial charge in [-0.3, -0.25) is 14.5 Å². The Kier molecular flexibility index (Phi) is 8.82. The quantitative estimate of drug-likeness (QED) is 0.251. The van der Waals surface area contributed by atoms with E-state index >= 15 is 0 Å². The number of aliphatic carboxylic acids is 1. The molecule has 0 bridgehead atoms. The predicted octanol–water partition coefficient (Wildman–Crippen LogP) is 5.78. The van der Waals surface area contributed by atoms with Crippen LogP contribution < -0.4 is 14.4 Å². The van der Waals surface area contributed by atoms with Crippen LogP contribution in [0.15, 0.2) is 72.2 Å². The Hall–Kier alpha value is -4.38. The zero-order valence-electron chi connectivity index (χ0n) is 21.1. The largest absolute Gasteiger partial charge is 0.481 e. The van der Waals surface area contributed by atoms with E-state index in [-0.39, 0.29) is 18.6 Å². The minimum absolute atomic E-state index is 0.0476. The summed E-state index contributed by atoms with van der Waals surface area (Å²) in [7, 11) is 3.04. The number of carbonyl (C=O) groups is 2. The van der Waals surface area contributed by atoms with Crippen LogP contribution in [0.25, 0.3) is 22.4 Å². The van der Waals surface area contributed by atoms with Crippen LogP contribution in [0.4, 0.5) is 13.9 Å². The van der Waals surface area contributed by atoms with Gasteiger partial charge in [0.25, 0.3) is 0 Å². The number of amides is 1. The van der Waals surface area contributed by atoms with Crippen molar-refractivity contribution in [3.05, 3.63) is 77.8 Å². The van der Waals surface area contributed by atoms with E-state index in [4.69, 9.17) is 4.74 Å². The van der Waals surface area contributed by atoms with Crippen LogP contribution in [0.3, 0.4) is 0 Å². The minimum Gasteiger partial charge on any atom is -0.481 e. The number of carboxylic acid groups (broad SMARTS) is 1. The summed E-state index contributed by atoms with van der Waals surface area (Å²) in [5, 5.41) is 11.4. The second-order valence-corrected chi connectivity index (χ2v) is 9.41. The van der Waals surface area contributed by atoms with E-state index in [1.807, 2.05) is 30.3 Å². The molecule has 0 aliphatic rings. The van der Waals surface area contributed by atoms with Gasteiger partial charge in [0.05, 0.1) is 25.1 Å². The smallest absolute Gasteiger partial charge is 0.387 e. The van der Waals surface area contributed by atoms with Gasteiger partial charge in [-0.15, -0.1) is 11.3 Å². The normalized spacial score (nSPS) is 11.7. The van der Waals surface area contributed by atoms with Crippen molar-refractivity contribution < 1.29 is 33.0 Å². The van der Waals surface area contributed by atoms with Gasteiger partial charge in [0.1, 0.15) is 5.75 Å². The van der Waals surface area contributed by atoms with Crippen molar-refractivity contribution in [2.24, 2.45) is 5.92 Å². The maximum atomic E-state index is 13.4. The molecule has 2 aromatic carbocycles. The molecule has 4 aromatic rings. The monoisotopic (exact) mass is 553 g/mol. The molecule has 1 atom stereocenters. The summed E-state index contributed by atoms with van der Waals surface area (Å²) in [5.74, 6) is -1.90. The Morgan fingerprint density at radius 2 is 1.85 bits per heavy atom. The van der Waals surface area contributed by atoms with Crippen LogP contribution in [0.2, 0.25) is 0 Å². The lowest BCUT2D eigenvalue weighted by atomic mass is 9.95. The molecule has 11 heteroatoms. The standard InChI is InChI=1S/C28H25F2N3O5S/c1-33(26(36)19(13-25(34)35)12-17-6-4-3-5-7-17)28-32-23(16-39-28)22-14-20(38-27(29)30)9-10-21(22)18-8-11-24(37-2)31-15-18/h3-11,14-16,19,27H,12-13H2,1-2H3,(H,34,35). The first kappa shape index (κ1) is 27.6. The predicted molar refractivity (Wildman–Crippen MR) is 143 cm³/mol. The molecule has 0 aliphatic carbocycles. The van der Waals surface area contributed by atoms with Crippen molar-refractivity contribution in [1.82, 2.24) is 9.97 Å². The van der Waals surface area contributed by atoms with E-state index in [1.165, 1.54) is 42.5 Å². The highest BCUT2D eigenvalue weighted by Gasteiger charge is 2.27. The number of anilines is 1. The molecule has 202 valence electrons. The molecule has 0 radical (unpaired) electrons. The Morgan fingerprint density at radius 1 is 1.08 bits per heavy atom. The van der Waals surface area contributed by atoms with Crippen LogP contribution in [0.1, 0.15) is 12.0 Å². The lowest BCUT2D eigenvalue weighted by Crippen LogP contribution is -2.35. The van der Waals surface area contributed by atoms with E-state index in [1.54, 1.807) is 29.8 Å². The highest BCUT2D eigenvalue weighted by molar-refractivity contribution is 7.14. The zero-order chi connectivity index (χ0) is 27.9. The number of thiazole rings is 1. The van der Waals surface area contributed by atoms with Crippen LogP contribution in [0.5, 0.6) is 11.6 Å². The number of aromatic nitrogens is 2. The molecule has 39 heavy (non-hydrogen) atoms. The second kappa shape index (κ2) is 12.4. The molecule has 8 nitrogen and oxygen atoms in total. The summed E-state index contributed by atoms with van der Waals surface area (Å²) >= 11 is 1.18. The highest BCUT2D eigenvalue weighted by atomic mass is 32.1. The molecule has 1 N–H and O–H groups in total. The van der Waals surface area contributed by atoms with E-state index < -0.39 is 24.4 Å². The summed E-state index contributed by atoms with van der Waals surface area (Å²) < 4.78 is 35.6. The van der Waals surface area contributed by atoms with Crippen molar-refractivity contribution in [2.75, 3.05) is 19.1 Å². The van der Waals surface area contributed by atoms with Gasteiger partial charge in [0, 0.05) is 35.8 Å². The highest BCUT2D eigenvalue weighted by Crippen LogP contribution is 2.37. The number of ether oxygens (including phenoxy) is 2. The summed E-state index contributed by atoms with van der Waals surface area (Å²) in [4.78, 5) is 35.0. The fourth-order valence-electron chi connectivity index (χ4n) is 4.09. The van der Waals surface area contributed by atoms with E-state index in [0.29, 0.717) is 33.4 Å². The first-order chi connectivity index (χ1) is 18.7. The van der Waals surface area contributed by atoms with E-state index in [0.717, 1.165) is 5.56 Å². The van der Waals surface area contributed by atoms with Crippen molar-refractivity contribution in [2.45, 2.75) is 19.5 Å².